The van der Waals surface area contributed by atoms with Crippen LogP contribution in [0.25, 0.3) is 0 Å². The van der Waals surface area contributed by atoms with E-state index in [2.05, 4.69) is 10.6 Å². The Morgan fingerprint density at radius 3 is 2.81 bits per heavy atom. The molecule has 3 aliphatic heterocycles. The van der Waals surface area contributed by atoms with Gasteiger partial charge in [0.2, 0.25) is 5.91 Å². The monoisotopic (exact) mass is 373 g/mol. The van der Waals surface area contributed by atoms with Crippen LogP contribution >= 0.6 is 0 Å². The molecule has 3 aliphatic rings. The van der Waals surface area contributed by atoms with Gasteiger partial charge in [-0.1, -0.05) is 12.1 Å². The second kappa shape index (κ2) is 8.27. The van der Waals surface area contributed by atoms with E-state index in [1.807, 2.05) is 18.2 Å². The lowest BCUT2D eigenvalue weighted by molar-refractivity contribution is -0.127. The van der Waals surface area contributed by atoms with Crippen molar-refractivity contribution in [1.82, 2.24) is 15.5 Å². The largest absolute Gasteiger partial charge is 0.493 e. The van der Waals surface area contributed by atoms with Crippen molar-refractivity contribution in [2.45, 2.75) is 43.9 Å². The van der Waals surface area contributed by atoms with Crippen molar-refractivity contribution in [3.63, 3.8) is 0 Å². The molecule has 1 aromatic rings. The highest BCUT2D eigenvalue weighted by Crippen LogP contribution is 2.25. The highest BCUT2D eigenvalue weighted by molar-refractivity contribution is 6.00. The number of hydrogen-bond acceptors (Lipinski definition) is 5. The van der Waals surface area contributed by atoms with E-state index in [1.165, 1.54) is 0 Å². The summed E-state index contributed by atoms with van der Waals surface area (Å²) in [5.74, 6) is 0.294. The second-order valence-electron chi connectivity index (χ2n) is 7.41. The number of nitrogens with zero attached hydrogens (tertiary/aromatic N) is 1. The number of amides is 2. The second-order valence-corrected chi connectivity index (χ2v) is 7.41. The molecule has 2 N–H and O–H groups in total. The molecule has 2 fully saturated rings. The van der Waals surface area contributed by atoms with Gasteiger partial charge in [0.1, 0.15) is 11.8 Å². The maximum absolute atomic E-state index is 13.2. The summed E-state index contributed by atoms with van der Waals surface area (Å²) in [5.41, 5.74) is 0.511. The number of carbonyl (C=O) groups is 2. The van der Waals surface area contributed by atoms with E-state index in [0.717, 1.165) is 25.7 Å². The fourth-order valence-corrected chi connectivity index (χ4v) is 4.08. The predicted octanol–water partition coefficient (Wildman–Crippen LogP) is 0.937. The number of benzene rings is 1. The number of hydrogen-bond donors (Lipinski definition) is 2. The topological polar surface area (TPSA) is 79.9 Å². The fraction of sp³-hybridized carbons (Fsp3) is 0.600. The van der Waals surface area contributed by atoms with Gasteiger partial charge in [-0.3, -0.25) is 9.59 Å². The Hall–Kier alpha value is -2.12. The summed E-state index contributed by atoms with van der Waals surface area (Å²) in [4.78, 5) is 27.7. The third kappa shape index (κ3) is 4.09. The van der Waals surface area contributed by atoms with Crippen molar-refractivity contribution < 1.29 is 19.1 Å². The SMILES string of the molecule is O=C1NC[C@@H]2CCC[C@@H](CCOc3ccccc3C(=O)N3CCNC[C@@H]13)O2. The van der Waals surface area contributed by atoms with Gasteiger partial charge in [-0.15, -0.1) is 0 Å². The average molecular weight is 373 g/mol. The van der Waals surface area contributed by atoms with Crippen molar-refractivity contribution in [1.29, 1.82) is 0 Å². The van der Waals surface area contributed by atoms with E-state index >= 15 is 0 Å². The minimum atomic E-state index is -0.526. The summed E-state index contributed by atoms with van der Waals surface area (Å²) >= 11 is 0. The normalized spacial score (nSPS) is 29.6. The van der Waals surface area contributed by atoms with Crippen molar-refractivity contribution in [2.75, 3.05) is 32.8 Å². The van der Waals surface area contributed by atoms with Crippen molar-refractivity contribution >= 4 is 11.8 Å². The van der Waals surface area contributed by atoms with Crippen LogP contribution in [-0.2, 0) is 9.53 Å². The van der Waals surface area contributed by atoms with E-state index < -0.39 is 6.04 Å². The Labute approximate surface area is 159 Å². The molecule has 3 atom stereocenters. The summed E-state index contributed by atoms with van der Waals surface area (Å²) in [6, 6.07) is 6.76. The van der Waals surface area contributed by atoms with Crippen molar-refractivity contribution in [3.05, 3.63) is 29.8 Å². The van der Waals surface area contributed by atoms with Crippen LogP contribution in [0.15, 0.2) is 24.3 Å². The zero-order valence-electron chi connectivity index (χ0n) is 15.5. The van der Waals surface area contributed by atoms with Gasteiger partial charge in [0.15, 0.2) is 0 Å². The number of piperazine rings is 1. The third-order valence-corrected chi connectivity index (χ3v) is 5.56. The molecule has 4 rings (SSSR count). The molecule has 2 saturated heterocycles. The first-order chi connectivity index (χ1) is 13.2. The van der Waals surface area contributed by atoms with E-state index in [0.29, 0.717) is 44.1 Å². The van der Waals surface area contributed by atoms with Crippen LogP contribution in [0.1, 0.15) is 36.0 Å². The van der Waals surface area contributed by atoms with Gasteiger partial charge >= 0.3 is 0 Å². The Morgan fingerprint density at radius 2 is 1.89 bits per heavy atom. The van der Waals surface area contributed by atoms with Crippen LogP contribution in [0.3, 0.4) is 0 Å². The molecule has 2 bridgehead atoms. The van der Waals surface area contributed by atoms with E-state index in [1.54, 1.807) is 11.0 Å². The maximum atomic E-state index is 13.2. The lowest BCUT2D eigenvalue weighted by Crippen LogP contribution is -2.60. The first-order valence-electron chi connectivity index (χ1n) is 9.89. The van der Waals surface area contributed by atoms with Gasteiger partial charge in [0.25, 0.3) is 5.91 Å². The number of fused-ring (bicyclic) bond motifs is 4. The number of nitrogens with one attached hydrogen (secondary N) is 2. The molecule has 1 aromatic carbocycles. The van der Waals surface area contributed by atoms with Gasteiger partial charge in [0.05, 0.1) is 24.4 Å². The summed E-state index contributed by atoms with van der Waals surface area (Å²) in [5, 5.41) is 6.23. The first-order valence-corrected chi connectivity index (χ1v) is 9.89. The number of ether oxygens (including phenoxy) is 2. The lowest BCUT2D eigenvalue weighted by Gasteiger charge is -2.36. The highest BCUT2D eigenvalue weighted by atomic mass is 16.5. The highest BCUT2D eigenvalue weighted by Gasteiger charge is 2.34. The Morgan fingerprint density at radius 1 is 1.04 bits per heavy atom. The van der Waals surface area contributed by atoms with Crippen LogP contribution in [-0.4, -0.2) is 67.7 Å². The molecule has 0 unspecified atom stereocenters. The molecule has 0 saturated carbocycles. The van der Waals surface area contributed by atoms with Crippen LogP contribution < -0.4 is 15.4 Å². The molecule has 0 aliphatic carbocycles. The molecular weight excluding hydrogens is 346 g/mol. The van der Waals surface area contributed by atoms with E-state index in [-0.39, 0.29) is 24.0 Å². The molecule has 2 amide bonds. The summed E-state index contributed by atoms with van der Waals surface area (Å²) in [6.07, 6.45) is 4.00. The lowest BCUT2D eigenvalue weighted by atomic mass is 10.0. The Bertz CT molecular complexity index is 696. The summed E-state index contributed by atoms with van der Waals surface area (Å²) in [6.45, 7) is 2.62. The first kappa shape index (κ1) is 18.3. The molecule has 27 heavy (non-hydrogen) atoms. The quantitative estimate of drug-likeness (QED) is 0.708. The van der Waals surface area contributed by atoms with Gasteiger partial charge in [-0.2, -0.15) is 0 Å². The minimum absolute atomic E-state index is 0.0311. The van der Waals surface area contributed by atoms with Crippen molar-refractivity contribution in [2.24, 2.45) is 0 Å². The Balaban J connectivity index is 1.62. The summed E-state index contributed by atoms with van der Waals surface area (Å²) < 4.78 is 12.1. The van der Waals surface area contributed by atoms with Gasteiger partial charge in [0, 0.05) is 32.6 Å². The molecule has 7 heteroatoms. The maximum Gasteiger partial charge on any atom is 0.258 e. The van der Waals surface area contributed by atoms with Crippen LogP contribution in [0, 0.1) is 0 Å². The van der Waals surface area contributed by atoms with Crippen LogP contribution in [0.5, 0.6) is 5.75 Å². The molecular formula is C20H27N3O4. The summed E-state index contributed by atoms with van der Waals surface area (Å²) in [7, 11) is 0. The van der Waals surface area contributed by atoms with Gasteiger partial charge in [-0.25, -0.2) is 0 Å². The van der Waals surface area contributed by atoms with Gasteiger partial charge < -0.3 is 25.0 Å². The zero-order valence-corrected chi connectivity index (χ0v) is 15.5. The molecule has 0 radical (unpaired) electrons. The molecule has 7 nitrogen and oxygen atoms in total. The zero-order chi connectivity index (χ0) is 18.6. The number of para-hydroxylation sites is 1. The van der Waals surface area contributed by atoms with Crippen LogP contribution in [0.4, 0.5) is 0 Å². The van der Waals surface area contributed by atoms with Crippen molar-refractivity contribution in [3.8, 4) is 5.75 Å². The molecule has 0 aromatic heterocycles. The molecule has 3 heterocycles. The third-order valence-electron chi connectivity index (χ3n) is 5.56. The smallest absolute Gasteiger partial charge is 0.258 e. The van der Waals surface area contributed by atoms with Crippen LogP contribution in [0.2, 0.25) is 0 Å². The van der Waals surface area contributed by atoms with Gasteiger partial charge in [-0.05, 0) is 31.4 Å². The minimum Gasteiger partial charge on any atom is -0.493 e. The predicted molar refractivity (Wildman–Crippen MR) is 99.8 cm³/mol. The average Bonchev–Trinajstić information content (AvgIpc) is 2.72. The molecule has 146 valence electrons. The number of carbonyl (C=O) groups excluding carboxylic acids is 2. The fourth-order valence-electron chi connectivity index (χ4n) is 4.08. The number of rotatable bonds is 0. The standard InChI is InChI=1S/C20H27N3O4/c24-19-17-13-21-9-10-23(17)20(25)16-6-1-2-7-18(16)26-11-8-14-4-3-5-15(27-14)12-22-19/h1-2,6-7,14-15,17,21H,3-5,8-13H2,(H,22,24)/t14-,15-,17-/m0/s1. The molecule has 0 spiro atoms. The van der Waals surface area contributed by atoms with E-state index in [9.17, 15) is 9.59 Å². The Kier molecular flexibility index (Phi) is 5.59. The van der Waals surface area contributed by atoms with E-state index in [4.69, 9.17) is 9.47 Å².